The zero-order valence-corrected chi connectivity index (χ0v) is 12.0. The van der Waals surface area contributed by atoms with Gasteiger partial charge in [-0.2, -0.15) is 5.10 Å². The molecule has 2 aromatic rings. The van der Waals surface area contributed by atoms with Crippen molar-refractivity contribution in [3.8, 4) is 0 Å². The molecular formula is C15H21N3O2. The zero-order valence-electron chi connectivity index (χ0n) is 12.0. The molecule has 0 saturated carbocycles. The lowest BCUT2D eigenvalue weighted by atomic mass is 9.91. The summed E-state index contributed by atoms with van der Waals surface area (Å²) in [6, 6.07) is 9.55. The normalized spacial score (nSPS) is 14.2. The van der Waals surface area contributed by atoms with Crippen LogP contribution in [-0.2, 0) is 23.3 Å². The Bertz CT molecular complexity index is 527. The fourth-order valence-electron chi connectivity index (χ4n) is 2.31. The highest BCUT2D eigenvalue weighted by Gasteiger charge is 2.31. The monoisotopic (exact) mass is 275 g/mol. The fourth-order valence-corrected chi connectivity index (χ4v) is 2.31. The number of aryl methyl sites for hydroxylation is 1. The molecule has 2 rings (SSSR count). The summed E-state index contributed by atoms with van der Waals surface area (Å²) in [5.41, 5.74) is -0.262. The first-order valence-electron chi connectivity index (χ1n) is 6.83. The third-order valence-electron chi connectivity index (χ3n) is 3.28. The van der Waals surface area contributed by atoms with Gasteiger partial charge < -0.3 is 9.84 Å². The Balaban J connectivity index is 2.27. The van der Waals surface area contributed by atoms with Gasteiger partial charge in [0.05, 0.1) is 6.61 Å². The third kappa shape index (κ3) is 3.23. The summed E-state index contributed by atoms with van der Waals surface area (Å²) in [4.78, 5) is 4.26. The van der Waals surface area contributed by atoms with Crippen LogP contribution in [0.25, 0.3) is 0 Å². The summed E-state index contributed by atoms with van der Waals surface area (Å²) in [5, 5.41) is 15.1. The van der Waals surface area contributed by atoms with E-state index >= 15 is 0 Å². The smallest absolute Gasteiger partial charge is 0.138 e. The van der Waals surface area contributed by atoms with E-state index in [1.54, 1.807) is 7.11 Å². The molecule has 1 heterocycles. The van der Waals surface area contributed by atoms with Gasteiger partial charge in [-0.3, -0.25) is 0 Å². The third-order valence-corrected chi connectivity index (χ3v) is 3.28. The minimum atomic E-state index is -1.09. The van der Waals surface area contributed by atoms with Gasteiger partial charge >= 0.3 is 0 Å². The number of aliphatic hydroxyl groups is 1. The van der Waals surface area contributed by atoms with E-state index in [-0.39, 0.29) is 6.61 Å². The summed E-state index contributed by atoms with van der Waals surface area (Å²) in [6.45, 7) is 3.10. The van der Waals surface area contributed by atoms with Crippen LogP contribution in [-0.4, -0.2) is 33.6 Å². The minimum absolute atomic E-state index is 0.218. The first-order chi connectivity index (χ1) is 9.69. The van der Waals surface area contributed by atoms with Crippen molar-refractivity contribution >= 4 is 0 Å². The molecule has 108 valence electrons. The van der Waals surface area contributed by atoms with Crippen molar-refractivity contribution < 1.29 is 9.84 Å². The van der Waals surface area contributed by atoms with Crippen LogP contribution in [0, 0.1) is 0 Å². The van der Waals surface area contributed by atoms with Gasteiger partial charge in [0.1, 0.15) is 17.8 Å². The first-order valence-corrected chi connectivity index (χ1v) is 6.83. The van der Waals surface area contributed by atoms with Crippen molar-refractivity contribution in [3.05, 3.63) is 48.0 Å². The number of nitrogens with zero attached hydrogens (tertiary/aromatic N) is 3. The highest BCUT2D eigenvalue weighted by atomic mass is 16.5. The summed E-state index contributed by atoms with van der Waals surface area (Å²) in [5.74, 6) is 0.773. The summed E-state index contributed by atoms with van der Waals surface area (Å²) in [6.07, 6.45) is 2.89. The molecular weight excluding hydrogens is 254 g/mol. The van der Waals surface area contributed by atoms with E-state index < -0.39 is 5.60 Å². The maximum Gasteiger partial charge on any atom is 0.138 e. The van der Waals surface area contributed by atoms with Crippen LogP contribution in [0.1, 0.15) is 24.7 Å². The highest BCUT2D eigenvalue weighted by Crippen LogP contribution is 2.25. The largest absolute Gasteiger partial charge is 0.382 e. The molecule has 5 nitrogen and oxygen atoms in total. The van der Waals surface area contributed by atoms with E-state index in [1.165, 1.54) is 6.33 Å². The molecule has 1 atom stereocenters. The van der Waals surface area contributed by atoms with Crippen molar-refractivity contribution in [2.75, 3.05) is 13.7 Å². The number of hydrogen-bond donors (Lipinski definition) is 1. The Morgan fingerprint density at radius 1 is 1.30 bits per heavy atom. The second-order valence-electron chi connectivity index (χ2n) is 4.91. The van der Waals surface area contributed by atoms with Crippen LogP contribution in [0.3, 0.4) is 0 Å². The number of rotatable bonds is 7. The van der Waals surface area contributed by atoms with Gasteiger partial charge in [-0.05, 0) is 12.0 Å². The Hall–Kier alpha value is -1.72. The maximum atomic E-state index is 10.9. The van der Waals surface area contributed by atoms with Crippen LogP contribution < -0.4 is 0 Å². The number of benzene rings is 1. The molecule has 0 amide bonds. The van der Waals surface area contributed by atoms with E-state index in [1.807, 2.05) is 35.0 Å². The minimum Gasteiger partial charge on any atom is -0.382 e. The van der Waals surface area contributed by atoms with Crippen LogP contribution in [0.5, 0.6) is 0 Å². The van der Waals surface area contributed by atoms with Crippen molar-refractivity contribution in [1.82, 2.24) is 14.8 Å². The Kier molecular flexibility index (Phi) is 4.87. The van der Waals surface area contributed by atoms with Gasteiger partial charge in [0.15, 0.2) is 0 Å². The first kappa shape index (κ1) is 14.7. The number of ether oxygens (including phenoxy) is 1. The van der Waals surface area contributed by atoms with Crippen LogP contribution >= 0.6 is 0 Å². The van der Waals surface area contributed by atoms with Gasteiger partial charge in [-0.25, -0.2) is 9.67 Å². The van der Waals surface area contributed by atoms with E-state index in [0.717, 1.165) is 24.4 Å². The molecule has 0 spiro atoms. The van der Waals surface area contributed by atoms with Gasteiger partial charge in [0.2, 0.25) is 0 Å². The predicted molar refractivity (Wildman–Crippen MR) is 76.2 cm³/mol. The molecule has 1 unspecified atom stereocenters. The molecule has 1 aromatic heterocycles. The molecule has 0 fully saturated rings. The summed E-state index contributed by atoms with van der Waals surface area (Å²) >= 11 is 0. The fraction of sp³-hybridized carbons (Fsp3) is 0.467. The number of hydrogen-bond acceptors (Lipinski definition) is 4. The maximum absolute atomic E-state index is 10.9. The van der Waals surface area contributed by atoms with E-state index in [0.29, 0.717) is 6.42 Å². The zero-order chi connectivity index (χ0) is 14.4. The molecule has 0 aliphatic rings. The second kappa shape index (κ2) is 6.63. The van der Waals surface area contributed by atoms with Crippen LogP contribution in [0.15, 0.2) is 36.7 Å². The second-order valence-corrected chi connectivity index (χ2v) is 4.91. The van der Waals surface area contributed by atoms with Gasteiger partial charge in [-0.1, -0.05) is 37.3 Å². The average molecular weight is 275 g/mol. The molecule has 0 bridgehead atoms. The van der Waals surface area contributed by atoms with Crippen molar-refractivity contribution in [2.24, 2.45) is 0 Å². The molecule has 1 N–H and O–H groups in total. The molecule has 0 aliphatic heterocycles. The standard InChI is InChI=1S/C15H21N3O2/c1-3-9-18-14(16-12-17-18)10-15(19,11-20-2)13-7-5-4-6-8-13/h4-8,12,19H,3,9-11H2,1-2H3. The van der Waals surface area contributed by atoms with E-state index in [9.17, 15) is 5.11 Å². The van der Waals surface area contributed by atoms with E-state index in [2.05, 4.69) is 17.0 Å². The molecule has 5 heteroatoms. The quantitative estimate of drug-likeness (QED) is 0.836. The average Bonchev–Trinajstić information content (AvgIpc) is 2.88. The van der Waals surface area contributed by atoms with Crippen LogP contribution in [0.4, 0.5) is 0 Å². The molecule has 0 aliphatic carbocycles. The highest BCUT2D eigenvalue weighted by molar-refractivity contribution is 5.23. The Morgan fingerprint density at radius 2 is 2.05 bits per heavy atom. The number of methoxy groups -OCH3 is 1. The van der Waals surface area contributed by atoms with Gasteiger partial charge in [0.25, 0.3) is 0 Å². The summed E-state index contributed by atoms with van der Waals surface area (Å²) in [7, 11) is 1.59. The van der Waals surface area contributed by atoms with Crippen molar-refractivity contribution in [2.45, 2.75) is 31.9 Å². The predicted octanol–water partition coefficient (Wildman–Crippen LogP) is 1.76. The Morgan fingerprint density at radius 3 is 2.70 bits per heavy atom. The Labute approximate surface area is 119 Å². The lowest BCUT2D eigenvalue weighted by Gasteiger charge is -2.27. The molecule has 20 heavy (non-hydrogen) atoms. The van der Waals surface area contributed by atoms with Crippen LogP contribution in [0.2, 0.25) is 0 Å². The molecule has 0 radical (unpaired) electrons. The van der Waals surface area contributed by atoms with E-state index in [4.69, 9.17) is 4.74 Å². The SMILES string of the molecule is CCCn1ncnc1CC(O)(COC)c1ccccc1. The number of aromatic nitrogens is 3. The van der Waals surface area contributed by atoms with Crippen molar-refractivity contribution in [1.29, 1.82) is 0 Å². The topological polar surface area (TPSA) is 60.2 Å². The molecule has 0 saturated heterocycles. The van der Waals surface area contributed by atoms with Gasteiger partial charge in [0, 0.05) is 20.1 Å². The van der Waals surface area contributed by atoms with Gasteiger partial charge in [-0.15, -0.1) is 0 Å². The lowest BCUT2D eigenvalue weighted by molar-refractivity contribution is -0.0375. The summed E-state index contributed by atoms with van der Waals surface area (Å²) < 4.78 is 7.04. The van der Waals surface area contributed by atoms with Crippen molar-refractivity contribution in [3.63, 3.8) is 0 Å². The molecule has 1 aromatic carbocycles. The lowest BCUT2D eigenvalue weighted by Crippen LogP contribution is -2.35.